The van der Waals surface area contributed by atoms with Gasteiger partial charge >= 0.3 is 0 Å². The predicted octanol–water partition coefficient (Wildman–Crippen LogP) is 1.75. The van der Waals surface area contributed by atoms with Gasteiger partial charge < -0.3 is 15.2 Å². The highest BCUT2D eigenvalue weighted by Crippen LogP contribution is 2.20. The summed E-state index contributed by atoms with van der Waals surface area (Å²) in [6.45, 7) is 13.5. The Morgan fingerprint density at radius 3 is 2.82 bits per heavy atom. The fourth-order valence-corrected chi connectivity index (χ4v) is 2.60. The minimum atomic E-state index is 0.413. The first-order valence-electron chi connectivity index (χ1n) is 8.44. The Labute approximate surface area is 133 Å². The molecule has 0 amide bonds. The summed E-state index contributed by atoms with van der Waals surface area (Å²) in [4.78, 5) is 4.79. The molecular formula is C16H30N6. The van der Waals surface area contributed by atoms with E-state index >= 15 is 0 Å². The van der Waals surface area contributed by atoms with E-state index in [0.717, 1.165) is 50.1 Å². The molecule has 0 aliphatic carbocycles. The van der Waals surface area contributed by atoms with E-state index < -0.39 is 0 Å². The summed E-state index contributed by atoms with van der Waals surface area (Å²) in [5, 5.41) is 15.2. The van der Waals surface area contributed by atoms with Crippen LogP contribution in [0, 0.1) is 18.8 Å². The minimum Gasteiger partial charge on any atom is -0.357 e. The summed E-state index contributed by atoms with van der Waals surface area (Å²) in [6, 6.07) is 0.413. The lowest BCUT2D eigenvalue weighted by molar-refractivity contribution is 0.369. The second kappa shape index (κ2) is 7.61. The molecule has 2 unspecified atom stereocenters. The maximum atomic E-state index is 4.79. The monoisotopic (exact) mass is 306 g/mol. The van der Waals surface area contributed by atoms with Gasteiger partial charge in [0.1, 0.15) is 11.6 Å². The fraction of sp³-hybridized carbons (Fsp3) is 0.812. The van der Waals surface area contributed by atoms with E-state index in [9.17, 15) is 0 Å². The molecule has 6 heteroatoms. The van der Waals surface area contributed by atoms with Gasteiger partial charge in [-0.25, -0.2) is 0 Å². The first-order chi connectivity index (χ1) is 10.5. The molecule has 0 saturated carbocycles. The largest absolute Gasteiger partial charge is 0.357 e. The predicted molar refractivity (Wildman–Crippen MR) is 90.0 cm³/mol. The topological polar surface area (TPSA) is 67.1 Å². The number of rotatable bonds is 5. The summed E-state index contributed by atoms with van der Waals surface area (Å²) < 4.78 is 2.24. The molecule has 1 aromatic heterocycles. The maximum Gasteiger partial charge on any atom is 0.191 e. The molecule has 1 aliphatic rings. The van der Waals surface area contributed by atoms with Crippen LogP contribution in [0.1, 0.15) is 45.8 Å². The number of aliphatic imine (C=N–C) groups is 1. The molecule has 124 valence electrons. The average molecular weight is 306 g/mol. The smallest absolute Gasteiger partial charge is 0.191 e. The van der Waals surface area contributed by atoms with Crippen molar-refractivity contribution in [2.45, 2.75) is 60.0 Å². The SMILES string of the molecule is CCNC(=NCC1CCc2nnc(C)n2C1)NC(C)C(C)C. The van der Waals surface area contributed by atoms with Gasteiger partial charge in [0.05, 0.1) is 0 Å². The Balaban J connectivity index is 1.95. The molecular weight excluding hydrogens is 276 g/mol. The van der Waals surface area contributed by atoms with E-state index in [4.69, 9.17) is 4.99 Å². The molecule has 0 spiro atoms. The van der Waals surface area contributed by atoms with Crippen LogP contribution in [0.3, 0.4) is 0 Å². The van der Waals surface area contributed by atoms with E-state index in [2.05, 4.69) is 53.1 Å². The van der Waals surface area contributed by atoms with Crippen LogP contribution < -0.4 is 10.6 Å². The Hall–Kier alpha value is -1.59. The summed E-state index contributed by atoms with van der Waals surface area (Å²) in [5.41, 5.74) is 0. The molecule has 0 bridgehead atoms. The third-order valence-electron chi connectivity index (χ3n) is 4.45. The van der Waals surface area contributed by atoms with Gasteiger partial charge in [0.15, 0.2) is 5.96 Å². The molecule has 0 fully saturated rings. The normalized spacial score (nSPS) is 19.9. The third kappa shape index (κ3) is 4.21. The quantitative estimate of drug-likeness (QED) is 0.642. The van der Waals surface area contributed by atoms with Crippen LogP contribution in [0.15, 0.2) is 4.99 Å². The van der Waals surface area contributed by atoms with Gasteiger partial charge in [-0.15, -0.1) is 10.2 Å². The van der Waals surface area contributed by atoms with Crippen molar-refractivity contribution in [3.05, 3.63) is 11.6 Å². The molecule has 0 aromatic carbocycles. The van der Waals surface area contributed by atoms with E-state index in [-0.39, 0.29) is 0 Å². The molecule has 0 saturated heterocycles. The number of fused-ring (bicyclic) bond motifs is 1. The van der Waals surface area contributed by atoms with Crippen LogP contribution in [0.2, 0.25) is 0 Å². The van der Waals surface area contributed by atoms with Gasteiger partial charge in [-0.3, -0.25) is 4.99 Å². The van der Waals surface area contributed by atoms with Crippen molar-refractivity contribution >= 4 is 5.96 Å². The standard InChI is InChI=1S/C16H30N6/c1-6-17-16(19-12(4)11(2)3)18-9-14-7-8-15-21-20-13(5)22(15)10-14/h11-12,14H,6-10H2,1-5H3,(H2,17,18,19). The highest BCUT2D eigenvalue weighted by atomic mass is 15.3. The number of hydrogen-bond acceptors (Lipinski definition) is 3. The van der Waals surface area contributed by atoms with Crippen molar-refractivity contribution in [1.29, 1.82) is 0 Å². The molecule has 2 atom stereocenters. The first-order valence-corrected chi connectivity index (χ1v) is 8.44. The number of nitrogens with zero attached hydrogens (tertiary/aromatic N) is 4. The highest BCUT2D eigenvalue weighted by Gasteiger charge is 2.21. The Morgan fingerprint density at radius 2 is 2.14 bits per heavy atom. The van der Waals surface area contributed by atoms with Crippen molar-refractivity contribution in [2.24, 2.45) is 16.8 Å². The van der Waals surface area contributed by atoms with E-state index in [1.165, 1.54) is 0 Å². The fourth-order valence-electron chi connectivity index (χ4n) is 2.60. The van der Waals surface area contributed by atoms with Crippen LogP contribution >= 0.6 is 0 Å². The second-order valence-corrected chi connectivity index (χ2v) is 6.58. The third-order valence-corrected chi connectivity index (χ3v) is 4.45. The van der Waals surface area contributed by atoms with E-state index in [1.54, 1.807) is 0 Å². The number of aromatic nitrogens is 3. The van der Waals surface area contributed by atoms with Crippen LogP contribution in [-0.2, 0) is 13.0 Å². The van der Waals surface area contributed by atoms with Crippen molar-refractivity contribution in [1.82, 2.24) is 25.4 Å². The zero-order valence-electron chi connectivity index (χ0n) is 14.6. The van der Waals surface area contributed by atoms with Gasteiger partial charge in [0.2, 0.25) is 0 Å². The molecule has 6 nitrogen and oxygen atoms in total. The van der Waals surface area contributed by atoms with Crippen LogP contribution in [0.5, 0.6) is 0 Å². The molecule has 0 radical (unpaired) electrons. The van der Waals surface area contributed by atoms with Crippen LogP contribution in [0.4, 0.5) is 0 Å². The molecule has 2 rings (SSSR count). The number of hydrogen-bond donors (Lipinski definition) is 2. The zero-order valence-corrected chi connectivity index (χ0v) is 14.6. The maximum absolute atomic E-state index is 4.79. The Morgan fingerprint density at radius 1 is 1.36 bits per heavy atom. The molecule has 1 aliphatic heterocycles. The number of aryl methyl sites for hydroxylation is 2. The zero-order chi connectivity index (χ0) is 16.1. The summed E-state index contributed by atoms with van der Waals surface area (Å²) in [5.74, 6) is 4.21. The van der Waals surface area contributed by atoms with Crippen molar-refractivity contribution in [2.75, 3.05) is 13.1 Å². The summed E-state index contributed by atoms with van der Waals surface area (Å²) >= 11 is 0. The van der Waals surface area contributed by atoms with Crippen molar-refractivity contribution in [3.63, 3.8) is 0 Å². The minimum absolute atomic E-state index is 0.413. The Bertz CT molecular complexity index is 505. The van der Waals surface area contributed by atoms with Gasteiger partial charge in [0, 0.05) is 32.1 Å². The second-order valence-electron chi connectivity index (χ2n) is 6.58. The highest BCUT2D eigenvalue weighted by molar-refractivity contribution is 5.80. The lowest BCUT2D eigenvalue weighted by Gasteiger charge is -2.24. The molecule has 2 N–H and O–H groups in total. The lowest BCUT2D eigenvalue weighted by atomic mass is 9.99. The summed E-state index contributed by atoms with van der Waals surface area (Å²) in [6.07, 6.45) is 2.15. The molecule has 2 heterocycles. The van der Waals surface area contributed by atoms with E-state index in [0.29, 0.717) is 17.9 Å². The Kier molecular flexibility index (Phi) is 5.80. The molecule has 1 aromatic rings. The van der Waals surface area contributed by atoms with Crippen LogP contribution in [-0.4, -0.2) is 39.9 Å². The first kappa shape index (κ1) is 16.8. The average Bonchev–Trinajstić information content (AvgIpc) is 2.86. The van der Waals surface area contributed by atoms with E-state index in [1.807, 2.05) is 6.92 Å². The number of guanidine groups is 1. The summed E-state index contributed by atoms with van der Waals surface area (Å²) in [7, 11) is 0. The number of nitrogens with one attached hydrogen (secondary N) is 2. The van der Waals surface area contributed by atoms with Gasteiger partial charge in [-0.2, -0.15) is 0 Å². The van der Waals surface area contributed by atoms with Crippen molar-refractivity contribution < 1.29 is 0 Å². The lowest BCUT2D eigenvalue weighted by Crippen LogP contribution is -2.44. The van der Waals surface area contributed by atoms with Crippen LogP contribution in [0.25, 0.3) is 0 Å². The van der Waals surface area contributed by atoms with Crippen molar-refractivity contribution in [3.8, 4) is 0 Å². The van der Waals surface area contributed by atoms with Gasteiger partial charge in [0.25, 0.3) is 0 Å². The van der Waals surface area contributed by atoms with Gasteiger partial charge in [-0.1, -0.05) is 13.8 Å². The molecule has 22 heavy (non-hydrogen) atoms. The van der Waals surface area contributed by atoms with Gasteiger partial charge in [-0.05, 0) is 39.0 Å².